The first-order valence-corrected chi connectivity index (χ1v) is 9.05. The van der Waals surface area contributed by atoms with Crippen LogP contribution in [0.4, 0.5) is 74.6 Å². The molecule has 0 saturated heterocycles. The zero-order chi connectivity index (χ0) is 29.9. The molecule has 0 aliphatic rings. The van der Waals surface area contributed by atoms with E-state index >= 15 is 0 Å². The Bertz CT molecular complexity index is 773. The summed E-state index contributed by atoms with van der Waals surface area (Å²) in [6, 6.07) is 0. The molecular formula is C16H16F17NO2. The van der Waals surface area contributed by atoms with Crippen molar-refractivity contribution >= 4 is 5.97 Å². The largest absolute Gasteiger partial charge is 0.545 e. The van der Waals surface area contributed by atoms with Crippen LogP contribution in [0.2, 0.25) is 0 Å². The molecule has 0 atom stereocenters. The van der Waals surface area contributed by atoms with Crippen molar-refractivity contribution in [2.24, 2.45) is 0 Å². The summed E-state index contributed by atoms with van der Waals surface area (Å²) in [6.45, 7) is 10.5. The third-order valence-corrected chi connectivity index (χ3v) is 4.42. The van der Waals surface area contributed by atoms with E-state index in [4.69, 9.17) is 0 Å². The molecule has 0 amide bonds. The topological polar surface area (TPSA) is 44.6 Å². The van der Waals surface area contributed by atoms with Gasteiger partial charge in [-0.3, -0.25) is 0 Å². The number of carboxylic acids is 1. The van der Waals surface area contributed by atoms with Crippen molar-refractivity contribution < 1.29 is 89.4 Å². The number of allylic oxidation sites excluding steroid dienone is 1. The van der Waals surface area contributed by atoms with Gasteiger partial charge in [-0.1, -0.05) is 0 Å². The minimum absolute atomic E-state index is 1.27. The molecule has 0 bridgehead atoms. The molecule has 0 aromatic carbocycles. The van der Waals surface area contributed by atoms with Crippen molar-refractivity contribution in [3.8, 4) is 0 Å². The van der Waals surface area contributed by atoms with Gasteiger partial charge in [0.25, 0.3) is 0 Å². The third kappa shape index (κ3) is 6.45. The second-order valence-corrected chi connectivity index (χ2v) is 6.65. The fourth-order valence-corrected chi connectivity index (χ4v) is 2.14. The average molecular weight is 577 g/mol. The van der Waals surface area contributed by atoms with Gasteiger partial charge in [-0.05, 0) is 20.8 Å². The molecule has 0 aliphatic heterocycles. The Labute approximate surface area is 190 Å². The van der Waals surface area contributed by atoms with Gasteiger partial charge in [0, 0.05) is 0 Å². The van der Waals surface area contributed by atoms with Gasteiger partial charge in [0.15, 0.2) is 5.83 Å². The summed E-state index contributed by atoms with van der Waals surface area (Å²) >= 11 is 0. The van der Waals surface area contributed by atoms with E-state index in [0.717, 1.165) is 0 Å². The van der Waals surface area contributed by atoms with Gasteiger partial charge in [-0.15, -0.1) is 0 Å². The Morgan fingerprint density at radius 1 is 0.611 bits per heavy atom. The molecule has 0 saturated carbocycles. The highest BCUT2D eigenvalue weighted by atomic mass is 19.4. The summed E-state index contributed by atoms with van der Waals surface area (Å²) in [5.74, 6) is -51.0. The first-order chi connectivity index (χ1) is 15.6. The van der Waals surface area contributed by atoms with Crippen LogP contribution in [0.5, 0.6) is 0 Å². The highest BCUT2D eigenvalue weighted by Crippen LogP contribution is 2.61. The Balaban J connectivity index is 0. The minimum Gasteiger partial charge on any atom is -0.545 e. The van der Waals surface area contributed by atoms with E-state index in [1.54, 1.807) is 4.90 Å². The molecule has 3 nitrogen and oxygen atoms in total. The van der Waals surface area contributed by atoms with Crippen LogP contribution >= 0.6 is 0 Å². The second-order valence-electron chi connectivity index (χ2n) is 6.65. The van der Waals surface area contributed by atoms with E-state index in [1.165, 1.54) is 19.6 Å². The predicted octanol–water partition coefficient (Wildman–Crippen LogP) is 4.19. The lowest BCUT2D eigenvalue weighted by molar-refractivity contribution is -0.894. The van der Waals surface area contributed by atoms with Crippen molar-refractivity contribution in [3.63, 3.8) is 0 Å². The first-order valence-electron chi connectivity index (χ1n) is 9.05. The summed E-state index contributed by atoms with van der Waals surface area (Å²) in [4.78, 5) is 11.7. The summed E-state index contributed by atoms with van der Waals surface area (Å²) in [5, 5.41) is 9.99. The quantitative estimate of drug-likeness (QED) is 0.330. The molecule has 36 heavy (non-hydrogen) atoms. The number of hydrogen-bond donors (Lipinski definition) is 1. The number of carboxylic acid groups (broad SMARTS) is 1. The van der Waals surface area contributed by atoms with E-state index in [2.05, 4.69) is 20.8 Å². The minimum atomic E-state index is -8.59. The highest BCUT2D eigenvalue weighted by Gasteiger charge is 2.91. The van der Waals surface area contributed by atoms with Crippen LogP contribution in [0.15, 0.2) is 11.4 Å². The van der Waals surface area contributed by atoms with Crippen LogP contribution in [0.3, 0.4) is 0 Å². The molecule has 1 N–H and O–H groups in total. The van der Waals surface area contributed by atoms with Crippen LogP contribution in [-0.2, 0) is 4.79 Å². The normalized spacial score (nSPS) is 15.4. The highest BCUT2D eigenvalue weighted by molar-refractivity contribution is 5.87. The zero-order valence-electron chi connectivity index (χ0n) is 17.9. The lowest BCUT2D eigenvalue weighted by atomic mass is 9.92. The third-order valence-electron chi connectivity index (χ3n) is 4.42. The lowest BCUT2D eigenvalue weighted by Gasteiger charge is -2.39. The van der Waals surface area contributed by atoms with Crippen LogP contribution in [0.25, 0.3) is 0 Å². The van der Waals surface area contributed by atoms with Crippen molar-refractivity contribution in [3.05, 3.63) is 11.4 Å². The fourth-order valence-electron chi connectivity index (χ4n) is 2.14. The van der Waals surface area contributed by atoms with Gasteiger partial charge in [0.2, 0.25) is 0 Å². The molecule has 0 unspecified atom stereocenters. The number of carbonyl (C=O) groups excluding carboxylic acids is 1. The van der Waals surface area contributed by atoms with E-state index in [0.29, 0.717) is 0 Å². The predicted molar refractivity (Wildman–Crippen MR) is 82.6 cm³/mol. The molecule has 0 rings (SSSR count). The molecule has 0 radical (unpaired) electrons. The number of halogens is 17. The SMILES string of the molecule is CC[NH+](CC)CC.O=C([O-])C(=C(F)C(F)(F)C(F)(F)C(F)(F)C(F)(F)C(F)(F)C(F)(F)F)C(F)(F)F. The number of aliphatic carboxylic acids is 1. The Morgan fingerprint density at radius 3 is 1.11 bits per heavy atom. The number of quaternary nitrogens is 1. The van der Waals surface area contributed by atoms with Gasteiger partial charge in [-0.2, -0.15) is 70.2 Å². The first kappa shape index (κ1) is 36.1. The maximum atomic E-state index is 13.1. The molecule has 0 aromatic rings. The molecule has 0 fully saturated rings. The maximum absolute atomic E-state index is 13.1. The molecule has 0 aliphatic carbocycles. The maximum Gasteiger partial charge on any atom is 0.460 e. The van der Waals surface area contributed by atoms with Crippen molar-refractivity contribution in [2.75, 3.05) is 19.6 Å². The lowest BCUT2D eigenvalue weighted by Crippen LogP contribution is -3.11. The average Bonchev–Trinajstić information content (AvgIpc) is 2.66. The van der Waals surface area contributed by atoms with Crippen LogP contribution < -0.4 is 10.0 Å². The van der Waals surface area contributed by atoms with Crippen molar-refractivity contribution in [1.82, 2.24) is 0 Å². The number of hydrogen-bond acceptors (Lipinski definition) is 2. The molecular weight excluding hydrogens is 561 g/mol. The number of alkyl halides is 16. The summed E-state index contributed by atoms with van der Waals surface area (Å²) in [7, 11) is 0. The van der Waals surface area contributed by atoms with Crippen LogP contribution in [0, 0.1) is 0 Å². The van der Waals surface area contributed by atoms with Gasteiger partial charge >= 0.3 is 42.0 Å². The summed E-state index contributed by atoms with van der Waals surface area (Å²) < 4.78 is 214. The molecule has 20 heteroatoms. The fraction of sp³-hybridized carbons (Fsp3) is 0.812. The van der Waals surface area contributed by atoms with Crippen LogP contribution in [-0.4, -0.2) is 67.6 Å². The van der Waals surface area contributed by atoms with Crippen LogP contribution in [0.1, 0.15) is 20.8 Å². The molecule has 216 valence electrons. The summed E-state index contributed by atoms with van der Waals surface area (Å²) in [6.07, 6.45) is -14.7. The molecule has 0 spiro atoms. The van der Waals surface area contributed by atoms with Gasteiger partial charge in [0.1, 0.15) is 5.57 Å². The second kappa shape index (κ2) is 11.2. The monoisotopic (exact) mass is 577 g/mol. The van der Waals surface area contributed by atoms with Gasteiger partial charge < -0.3 is 14.8 Å². The Hall–Kier alpha value is -2.02. The van der Waals surface area contributed by atoms with Crippen molar-refractivity contribution in [2.45, 2.75) is 62.7 Å². The van der Waals surface area contributed by atoms with E-state index < -0.39 is 59.3 Å². The smallest absolute Gasteiger partial charge is 0.460 e. The Kier molecular flexibility index (Phi) is 11.2. The standard InChI is InChI=1S/C10HF17O2.C6H15N/c11-2(1(3(28)29)5(14,15)16)4(12,13)6(17,18)7(19,20)8(21,22)9(23,24)10(25,26)27;1-4-7(5-2)6-3/h(H,28,29);4-6H2,1-3H3. The van der Waals surface area contributed by atoms with Gasteiger partial charge in [0.05, 0.1) is 25.6 Å². The van der Waals surface area contributed by atoms with Crippen molar-refractivity contribution in [1.29, 1.82) is 0 Å². The Morgan fingerprint density at radius 2 is 0.917 bits per heavy atom. The number of nitrogens with one attached hydrogen (secondary N) is 1. The number of carbonyl (C=O) groups is 1. The van der Waals surface area contributed by atoms with E-state index in [1.807, 2.05) is 0 Å². The number of rotatable bonds is 9. The van der Waals surface area contributed by atoms with Gasteiger partial charge in [-0.25, -0.2) is 4.39 Å². The van der Waals surface area contributed by atoms with E-state index in [-0.39, 0.29) is 0 Å². The zero-order valence-corrected chi connectivity index (χ0v) is 17.9. The van der Waals surface area contributed by atoms with E-state index in [9.17, 15) is 84.5 Å². The molecule has 0 heterocycles. The summed E-state index contributed by atoms with van der Waals surface area (Å²) in [5.41, 5.74) is -4.45. The molecule has 0 aromatic heterocycles.